The van der Waals surface area contributed by atoms with Crippen molar-refractivity contribution in [1.29, 1.82) is 0 Å². The van der Waals surface area contributed by atoms with Gasteiger partial charge in [-0.3, -0.25) is 4.72 Å². The first-order chi connectivity index (χ1) is 13.6. The molecular formula is C19H25ClFN3O3S2. The van der Waals surface area contributed by atoms with Crippen LogP contribution in [0, 0.1) is 17.2 Å². The molecule has 2 unspecified atom stereocenters. The maximum atomic E-state index is 14.6. The Balaban J connectivity index is 1.75. The average molecular weight is 462 g/mol. The Kier molecular flexibility index (Phi) is 6.72. The number of anilines is 2. The molecule has 0 bridgehead atoms. The molecule has 0 radical (unpaired) electrons. The monoisotopic (exact) mass is 461 g/mol. The van der Waals surface area contributed by atoms with Crippen LogP contribution in [0.3, 0.4) is 0 Å². The minimum Gasteiger partial charge on any atom is -0.383 e. The predicted octanol–water partition coefficient (Wildman–Crippen LogP) is 4.99. The molecular weight excluding hydrogens is 437 g/mol. The Bertz CT molecular complexity index is 946. The zero-order valence-corrected chi connectivity index (χ0v) is 18.9. The van der Waals surface area contributed by atoms with E-state index in [-0.39, 0.29) is 27.6 Å². The minimum atomic E-state index is -4.13. The topological polar surface area (TPSA) is 80.3 Å². The first-order valence-corrected chi connectivity index (χ1v) is 12.1. The maximum Gasteiger partial charge on any atom is 0.266 e. The van der Waals surface area contributed by atoms with Gasteiger partial charge in [-0.2, -0.15) is 0 Å². The lowest BCUT2D eigenvalue weighted by molar-refractivity contribution is -0.0814. The summed E-state index contributed by atoms with van der Waals surface area (Å²) in [6, 6.07) is 2.24. The van der Waals surface area contributed by atoms with Crippen molar-refractivity contribution in [2.45, 2.75) is 44.6 Å². The van der Waals surface area contributed by atoms with E-state index >= 15 is 0 Å². The second-order valence-electron chi connectivity index (χ2n) is 8.15. The Morgan fingerprint density at radius 3 is 2.79 bits per heavy atom. The minimum absolute atomic E-state index is 0.0127. The first kappa shape index (κ1) is 22.3. The molecule has 6 nitrogen and oxygen atoms in total. The molecule has 0 aliphatic carbocycles. The highest BCUT2D eigenvalue weighted by Crippen LogP contribution is 2.35. The second kappa shape index (κ2) is 8.75. The summed E-state index contributed by atoms with van der Waals surface area (Å²) in [5, 5.41) is 5.09. The standard InChI is InChI=1S/C19H25ClFN3O3S2/c1-19(2,3)17-12(5-4-7-27-17)11-23-15-10-14(21)16(9-13(15)20)29(25,26)24-18-22-6-8-28-18/h6,8-10,12,17,23H,4-5,7,11H2,1-3H3,(H,22,24). The molecule has 1 aliphatic heterocycles. The Hall–Kier alpha value is -1.42. The van der Waals surface area contributed by atoms with Crippen LogP contribution in [0.25, 0.3) is 0 Å². The number of aromatic nitrogens is 1. The lowest BCUT2D eigenvalue weighted by Crippen LogP contribution is -2.42. The first-order valence-electron chi connectivity index (χ1n) is 9.35. The number of hydrogen-bond donors (Lipinski definition) is 2. The third kappa shape index (κ3) is 5.39. The van der Waals surface area contributed by atoms with Crippen molar-refractivity contribution in [3.63, 3.8) is 0 Å². The highest BCUT2D eigenvalue weighted by Gasteiger charge is 2.35. The molecule has 2 heterocycles. The third-order valence-corrected chi connectivity index (χ3v) is 7.30. The third-order valence-electron chi connectivity index (χ3n) is 4.82. The summed E-state index contributed by atoms with van der Waals surface area (Å²) in [4.78, 5) is 3.34. The van der Waals surface area contributed by atoms with Gasteiger partial charge in [-0.25, -0.2) is 17.8 Å². The van der Waals surface area contributed by atoms with Crippen molar-refractivity contribution in [1.82, 2.24) is 4.98 Å². The Morgan fingerprint density at radius 1 is 1.38 bits per heavy atom. The van der Waals surface area contributed by atoms with E-state index in [2.05, 4.69) is 35.8 Å². The number of halogens is 2. The SMILES string of the molecule is CC(C)(C)C1OCCCC1CNc1cc(F)c(S(=O)(=O)Nc2nccs2)cc1Cl. The molecule has 29 heavy (non-hydrogen) atoms. The summed E-state index contributed by atoms with van der Waals surface area (Å²) in [6.07, 6.45) is 3.51. The highest BCUT2D eigenvalue weighted by atomic mass is 35.5. The number of nitrogens with one attached hydrogen (secondary N) is 2. The largest absolute Gasteiger partial charge is 0.383 e. The molecule has 1 fully saturated rings. The van der Waals surface area contributed by atoms with Crippen molar-refractivity contribution in [3.05, 3.63) is 34.5 Å². The fourth-order valence-electron chi connectivity index (χ4n) is 3.56. The van der Waals surface area contributed by atoms with Crippen LogP contribution in [0.2, 0.25) is 5.02 Å². The average Bonchev–Trinajstić information content (AvgIpc) is 3.13. The van der Waals surface area contributed by atoms with E-state index in [9.17, 15) is 12.8 Å². The highest BCUT2D eigenvalue weighted by molar-refractivity contribution is 7.93. The van der Waals surface area contributed by atoms with Gasteiger partial charge in [0.25, 0.3) is 10.0 Å². The number of thiazole rings is 1. The summed E-state index contributed by atoms with van der Waals surface area (Å²) < 4.78 is 47.8. The second-order valence-corrected chi connectivity index (χ2v) is 11.1. The summed E-state index contributed by atoms with van der Waals surface area (Å²) >= 11 is 7.37. The molecule has 2 aromatic rings. The molecule has 0 saturated carbocycles. The Labute approximate surface area is 179 Å². The fraction of sp³-hybridized carbons (Fsp3) is 0.526. The molecule has 0 amide bonds. The van der Waals surface area contributed by atoms with Crippen LogP contribution in [0.1, 0.15) is 33.6 Å². The van der Waals surface area contributed by atoms with Crippen molar-refractivity contribution in [2.24, 2.45) is 11.3 Å². The maximum absolute atomic E-state index is 14.6. The number of hydrogen-bond acceptors (Lipinski definition) is 6. The van der Waals surface area contributed by atoms with Gasteiger partial charge in [0.05, 0.1) is 16.8 Å². The summed E-state index contributed by atoms with van der Waals surface area (Å²) in [5.41, 5.74) is 0.344. The molecule has 2 N–H and O–H groups in total. The van der Waals surface area contributed by atoms with Crippen LogP contribution in [0.5, 0.6) is 0 Å². The van der Waals surface area contributed by atoms with Crippen LogP contribution in [-0.2, 0) is 14.8 Å². The number of benzene rings is 1. The van der Waals surface area contributed by atoms with Gasteiger partial charge in [0.1, 0.15) is 10.7 Å². The van der Waals surface area contributed by atoms with Gasteiger partial charge in [-0.1, -0.05) is 32.4 Å². The van der Waals surface area contributed by atoms with Crippen LogP contribution in [0.4, 0.5) is 15.2 Å². The van der Waals surface area contributed by atoms with Gasteiger partial charge in [0, 0.05) is 30.6 Å². The molecule has 1 saturated heterocycles. The molecule has 1 aliphatic rings. The van der Waals surface area contributed by atoms with Crippen molar-refractivity contribution in [3.8, 4) is 0 Å². The van der Waals surface area contributed by atoms with Crippen LogP contribution in [0.15, 0.2) is 28.6 Å². The van der Waals surface area contributed by atoms with Crippen LogP contribution >= 0.6 is 22.9 Å². The quantitative estimate of drug-likeness (QED) is 0.633. The predicted molar refractivity (Wildman–Crippen MR) is 115 cm³/mol. The van der Waals surface area contributed by atoms with Crippen LogP contribution < -0.4 is 10.0 Å². The van der Waals surface area contributed by atoms with E-state index in [0.717, 1.165) is 42.9 Å². The van der Waals surface area contributed by atoms with E-state index in [0.29, 0.717) is 12.2 Å². The molecule has 160 valence electrons. The van der Waals surface area contributed by atoms with Gasteiger partial charge in [0.15, 0.2) is 5.13 Å². The van der Waals surface area contributed by atoms with E-state index in [4.69, 9.17) is 16.3 Å². The van der Waals surface area contributed by atoms with E-state index in [1.54, 1.807) is 5.38 Å². The summed E-state index contributed by atoms with van der Waals surface area (Å²) in [7, 11) is -4.13. The Morgan fingerprint density at radius 2 is 2.14 bits per heavy atom. The summed E-state index contributed by atoms with van der Waals surface area (Å²) in [6.45, 7) is 7.71. The van der Waals surface area contributed by atoms with E-state index in [1.165, 1.54) is 6.20 Å². The van der Waals surface area contributed by atoms with Crippen molar-refractivity contribution in [2.75, 3.05) is 23.2 Å². The molecule has 1 aromatic carbocycles. The van der Waals surface area contributed by atoms with E-state index < -0.39 is 20.7 Å². The van der Waals surface area contributed by atoms with E-state index in [1.807, 2.05) is 0 Å². The number of sulfonamides is 1. The smallest absolute Gasteiger partial charge is 0.266 e. The normalized spacial score (nSPS) is 20.4. The summed E-state index contributed by atoms with van der Waals surface area (Å²) in [5.74, 6) is -0.633. The van der Waals surface area contributed by atoms with Crippen molar-refractivity contribution >= 4 is 43.8 Å². The van der Waals surface area contributed by atoms with Gasteiger partial charge >= 0.3 is 0 Å². The van der Waals surface area contributed by atoms with Crippen molar-refractivity contribution < 1.29 is 17.5 Å². The van der Waals surface area contributed by atoms with Gasteiger partial charge < -0.3 is 10.1 Å². The molecule has 2 atom stereocenters. The number of ether oxygens (including phenoxy) is 1. The number of rotatable bonds is 6. The lowest BCUT2D eigenvalue weighted by atomic mass is 9.78. The van der Waals surface area contributed by atoms with Gasteiger partial charge in [0.2, 0.25) is 0 Å². The fourth-order valence-corrected chi connectivity index (χ4v) is 5.73. The van der Waals surface area contributed by atoms with Crippen LogP contribution in [-0.4, -0.2) is 32.7 Å². The van der Waals surface area contributed by atoms with Gasteiger partial charge in [-0.05, 0) is 30.4 Å². The molecule has 3 rings (SSSR count). The zero-order valence-electron chi connectivity index (χ0n) is 16.5. The molecule has 1 aromatic heterocycles. The zero-order chi connectivity index (χ0) is 21.2. The molecule has 10 heteroatoms. The molecule has 0 spiro atoms. The lowest BCUT2D eigenvalue weighted by Gasteiger charge is -2.40. The van der Waals surface area contributed by atoms with Gasteiger partial charge in [-0.15, -0.1) is 11.3 Å². The number of nitrogens with zero attached hydrogens (tertiary/aromatic N) is 1.